The molecule has 1 aliphatic heterocycles. The number of nitrogens with zero attached hydrogens (tertiary/aromatic N) is 1. The van der Waals surface area contributed by atoms with E-state index in [-0.39, 0.29) is 11.6 Å². The van der Waals surface area contributed by atoms with E-state index in [1.807, 2.05) is 6.92 Å². The Bertz CT molecular complexity index is 724. The minimum Gasteiger partial charge on any atom is -0.466 e. The van der Waals surface area contributed by atoms with Crippen molar-refractivity contribution in [1.82, 2.24) is 10.2 Å². The molecule has 8 heteroatoms. The Hall–Kier alpha value is -2.06. The van der Waals surface area contributed by atoms with Gasteiger partial charge in [0, 0.05) is 12.8 Å². The lowest BCUT2D eigenvalue weighted by Gasteiger charge is -2.40. The van der Waals surface area contributed by atoms with Crippen LogP contribution in [-0.2, 0) is 14.3 Å². The van der Waals surface area contributed by atoms with Gasteiger partial charge in [-0.1, -0.05) is 6.07 Å². The molecular formula is C17H20F2N2O3S. The smallest absolute Gasteiger partial charge is 0.337 e. The predicted octanol–water partition coefficient (Wildman–Crippen LogP) is 2.68. The summed E-state index contributed by atoms with van der Waals surface area (Å²) in [7, 11) is 2.84. The van der Waals surface area contributed by atoms with E-state index in [9.17, 15) is 13.6 Å². The van der Waals surface area contributed by atoms with Gasteiger partial charge in [0.1, 0.15) is 0 Å². The average molecular weight is 370 g/mol. The van der Waals surface area contributed by atoms with Gasteiger partial charge in [-0.2, -0.15) is 0 Å². The zero-order chi connectivity index (χ0) is 18.7. The third kappa shape index (κ3) is 3.80. The molecule has 0 unspecified atom stereocenters. The summed E-state index contributed by atoms with van der Waals surface area (Å²) >= 11 is 5.41. The molecule has 5 nitrogen and oxygen atoms in total. The SMILES string of the molecule is COC[C@H](C)N1C(=S)N[C@@H](c2ccc(F)c(F)c2)C(C(=O)OC)=C1C. The number of halogens is 2. The van der Waals surface area contributed by atoms with E-state index in [1.165, 1.54) is 13.2 Å². The molecule has 0 amide bonds. The summed E-state index contributed by atoms with van der Waals surface area (Å²) in [5.41, 5.74) is 1.24. The number of hydrogen-bond acceptors (Lipinski definition) is 4. The van der Waals surface area contributed by atoms with Crippen molar-refractivity contribution in [1.29, 1.82) is 0 Å². The van der Waals surface area contributed by atoms with Gasteiger partial charge in [0.15, 0.2) is 16.7 Å². The molecule has 0 fully saturated rings. The van der Waals surface area contributed by atoms with Crippen LogP contribution in [0.1, 0.15) is 25.5 Å². The Kier molecular flexibility index (Phi) is 6.07. The number of benzene rings is 1. The van der Waals surface area contributed by atoms with Gasteiger partial charge in [0.05, 0.1) is 31.4 Å². The van der Waals surface area contributed by atoms with Crippen LogP contribution in [0.2, 0.25) is 0 Å². The zero-order valence-electron chi connectivity index (χ0n) is 14.4. The van der Waals surface area contributed by atoms with Gasteiger partial charge >= 0.3 is 5.97 Å². The van der Waals surface area contributed by atoms with Crippen molar-refractivity contribution < 1.29 is 23.0 Å². The maximum Gasteiger partial charge on any atom is 0.337 e. The van der Waals surface area contributed by atoms with Crippen LogP contribution >= 0.6 is 12.2 Å². The molecular weight excluding hydrogens is 350 g/mol. The van der Waals surface area contributed by atoms with Gasteiger partial charge in [-0.3, -0.25) is 0 Å². The first-order valence-corrected chi connectivity index (χ1v) is 8.05. The highest BCUT2D eigenvalue weighted by molar-refractivity contribution is 7.80. The Morgan fingerprint density at radius 3 is 2.60 bits per heavy atom. The van der Waals surface area contributed by atoms with E-state index >= 15 is 0 Å². The molecule has 0 saturated heterocycles. The molecule has 0 radical (unpaired) electrons. The third-order valence-corrected chi connectivity index (χ3v) is 4.37. The summed E-state index contributed by atoms with van der Waals surface area (Å²) in [6.45, 7) is 4.02. The summed E-state index contributed by atoms with van der Waals surface area (Å²) in [6.07, 6.45) is 0. The molecule has 1 N–H and O–H groups in total. The van der Waals surface area contributed by atoms with Crippen molar-refractivity contribution in [2.45, 2.75) is 25.9 Å². The van der Waals surface area contributed by atoms with E-state index in [0.29, 0.717) is 23.0 Å². The molecule has 0 aromatic heterocycles. The number of nitrogens with one attached hydrogen (secondary N) is 1. The third-order valence-electron chi connectivity index (χ3n) is 4.06. The molecule has 0 spiro atoms. The van der Waals surface area contributed by atoms with Crippen LogP contribution in [0.3, 0.4) is 0 Å². The van der Waals surface area contributed by atoms with Crippen LogP contribution < -0.4 is 5.32 Å². The van der Waals surface area contributed by atoms with Crippen LogP contribution in [0.4, 0.5) is 8.78 Å². The summed E-state index contributed by atoms with van der Waals surface area (Å²) in [6, 6.07) is 2.60. The second-order valence-electron chi connectivity index (χ2n) is 5.72. The second kappa shape index (κ2) is 7.88. The van der Waals surface area contributed by atoms with Crippen LogP contribution in [-0.4, -0.2) is 42.8 Å². The first-order valence-electron chi connectivity index (χ1n) is 7.64. The van der Waals surface area contributed by atoms with Crippen molar-refractivity contribution in [2.75, 3.05) is 20.8 Å². The fourth-order valence-corrected chi connectivity index (χ4v) is 3.35. The quantitative estimate of drug-likeness (QED) is 0.635. The lowest BCUT2D eigenvalue weighted by atomic mass is 9.94. The van der Waals surface area contributed by atoms with Crippen molar-refractivity contribution in [3.63, 3.8) is 0 Å². The topological polar surface area (TPSA) is 50.8 Å². The first-order chi connectivity index (χ1) is 11.8. The van der Waals surface area contributed by atoms with Gasteiger partial charge in [-0.25, -0.2) is 13.6 Å². The highest BCUT2D eigenvalue weighted by Crippen LogP contribution is 2.33. The monoisotopic (exact) mass is 370 g/mol. The van der Waals surface area contributed by atoms with Crippen LogP contribution in [0, 0.1) is 11.6 Å². The molecule has 0 saturated carbocycles. The largest absolute Gasteiger partial charge is 0.466 e. The lowest BCUT2D eigenvalue weighted by Crippen LogP contribution is -2.52. The number of hydrogen-bond donors (Lipinski definition) is 1. The van der Waals surface area contributed by atoms with Crippen molar-refractivity contribution in [2.24, 2.45) is 0 Å². The molecule has 25 heavy (non-hydrogen) atoms. The summed E-state index contributed by atoms with van der Waals surface area (Å²) in [4.78, 5) is 14.1. The number of thiocarbonyl (C=S) groups is 1. The van der Waals surface area contributed by atoms with E-state index in [1.54, 1.807) is 18.9 Å². The van der Waals surface area contributed by atoms with Gasteiger partial charge in [0.25, 0.3) is 0 Å². The Morgan fingerprint density at radius 1 is 1.36 bits per heavy atom. The van der Waals surface area contributed by atoms with Crippen LogP contribution in [0.25, 0.3) is 0 Å². The van der Waals surface area contributed by atoms with Crippen molar-refractivity contribution >= 4 is 23.3 Å². The van der Waals surface area contributed by atoms with E-state index in [4.69, 9.17) is 21.7 Å². The number of rotatable bonds is 5. The van der Waals surface area contributed by atoms with Gasteiger partial charge in [-0.05, 0) is 43.8 Å². The molecule has 1 aromatic rings. The van der Waals surface area contributed by atoms with E-state index in [2.05, 4.69) is 5.32 Å². The number of methoxy groups -OCH3 is 2. The first kappa shape index (κ1) is 19.3. The average Bonchev–Trinajstić information content (AvgIpc) is 2.56. The Morgan fingerprint density at radius 2 is 2.04 bits per heavy atom. The zero-order valence-corrected chi connectivity index (χ0v) is 15.2. The fraction of sp³-hybridized carbons (Fsp3) is 0.412. The van der Waals surface area contributed by atoms with Gasteiger partial charge in [0.2, 0.25) is 0 Å². The van der Waals surface area contributed by atoms with Crippen LogP contribution in [0.5, 0.6) is 0 Å². The fourth-order valence-electron chi connectivity index (χ4n) is 2.92. The maximum absolute atomic E-state index is 13.6. The molecule has 2 rings (SSSR count). The summed E-state index contributed by atoms with van der Waals surface area (Å²) < 4.78 is 36.9. The molecule has 2 atom stereocenters. The number of carbonyl (C=O) groups excluding carboxylic acids is 1. The molecule has 1 aromatic carbocycles. The number of allylic oxidation sites excluding steroid dienone is 1. The minimum absolute atomic E-state index is 0.129. The molecule has 136 valence electrons. The molecule has 0 bridgehead atoms. The van der Waals surface area contributed by atoms with Crippen molar-refractivity contribution in [3.05, 3.63) is 46.7 Å². The molecule has 1 aliphatic rings. The predicted molar refractivity (Wildman–Crippen MR) is 92.7 cm³/mol. The van der Waals surface area contributed by atoms with E-state index < -0.39 is 23.6 Å². The normalized spacial score (nSPS) is 18.9. The molecule has 1 heterocycles. The van der Waals surface area contributed by atoms with Gasteiger partial charge < -0.3 is 19.7 Å². The number of carbonyl (C=O) groups is 1. The highest BCUT2D eigenvalue weighted by Gasteiger charge is 2.36. The van der Waals surface area contributed by atoms with Crippen molar-refractivity contribution in [3.8, 4) is 0 Å². The number of esters is 1. The summed E-state index contributed by atoms with van der Waals surface area (Å²) in [5.74, 6) is -2.53. The van der Waals surface area contributed by atoms with E-state index in [0.717, 1.165) is 12.1 Å². The second-order valence-corrected chi connectivity index (χ2v) is 6.11. The highest BCUT2D eigenvalue weighted by atomic mass is 32.1. The van der Waals surface area contributed by atoms with Gasteiger partial charge in [-0.15, -0.1) is 0 Å². The lowest BCUT2D eigenvalue weighted by molar-refractivity contribution is -0.136. The maximum atomic E-state index is 13.6. The standard InChI is InChI=1S/C17H20F2N2O3S/c1-9(8-23-3)21-10(2)14(16(22)24-4)15(20-17(21)25)11-5-6-12(18)13(19)7-11/h5-7,9,15H,8H2,1-4H3,(H,20,25)/t9-,15-/m0/s1. The Labute approximate surface area is 150 Å². The Balaban J connectivity index is 2.55. The number of ether oxygens (including phenoxy) is 2. The van der Waals surface area contributed by atoms with Crippen LogP contribution in [0.15, 0.2) is 29.5 Å². The summed E-state index contributed by atoms with van der Waals surface area (Å²) in [5, 5.41) is 3.38. The minimum atomic E-state index is -0.998. The molecule has 0 aliphatic carbocycles.